The number of benzene rings is 3. The summed E-state index contributed by atoms with van der Waals surface area (Å²) in [6.07, 6.45) is -3.11. The van der Waals surface area contributed by atoms with Gasteiger partial charge < -0.3 is 4.57 Å². The van der Waals surface area contributed by atoms with Crippen molar-refractivity contribution < 1.29 is 21.6 Å². The summed E-state index contributed by atoms with van der Waals surface area (Å²) >= 11 is 0. The molecule has 0 aliphatic carbocycles. The van der Waals surface area contributed by atoms with E-state index in [1.54, 1.807) is 12.1 Å². The molecule has 0 unspecified atom stereocenters. The summed E-state index contributed by atoms with van der Waals surface area (Å²) in [5.41, 5.74) is 3.59. The molecule has 0 amide bonds. The zero-order chi connectivity index (χ0) is 24.7. The number of nitrogens with one attached hydrogen (secondary N) is 1. The molecule has 4 aromatic rings. The molecule has 0 aliphatic heterocycles. The summed E-state index contributed by atoms with van der Waals surface area (Å²) in [5.74, 6) is 0. The minimum atomic E-state index is -4.47. The highest BCUT2D eigenvalue weighted by Crippen LogP contribution is 2.36. The molecular formula is C26H23F3N2O2S. The predicted octanol–water partition coefficient (Wildman–Crippen LogP) is 6.18. The second-order valence-electron chi connectivity index (χ2n) is 8.10. The van der Waals surface area contributed by atoms with Gasteiger partial charge in [0.2, 0.25) is 0 Å². The first kappa shape index (κ1) is 23.6. The Morgan fingerprint density at radius 1 is 0.912 bits per heavy atom. The molecule has 0 bridgehead atoms. The van der Waals surface area contributed by atoms with E-state index < -0.39 is 21.8 Å². The maximum atomic E-state index is 13.1. The Bertz CT molecular complexity index is 1480. The zero-order valence-electron chi connectivity index (χ0n) is 18.8. The van der Waals surface area contributed by atoms with Crippen molar-refractivity contribution in [3.63, 3.8) is 0 Å². The van der Waals surface area contributed by atoms with E-state index in [4.69, 9.17) is 0 Å². The molecule has 0 spiro atoms. The summed E-state index contributed by atoms with van der Waals surface area (Å²) in [4.78, 5) is 0.0933. The number of sulfonamides is 1. The molecule has 0 saturated carbocycles. The summed E-state index contributed by atoms with van der Waals surface area (Å²) in [5, 5.41) is 0.864. The fourth-order valence-electron chi connectivity index (χ4n) is 3.92. The molecule has 0 radical (unpaired) electrons. The third-order valence-corrected chi connectivity index (χ3v) is 7.20. The molecular weight excluding hydrogens is 461 g/mol. The Morgan fingerprint density at radius 3 is 2.15 bits per heavy atom. The van der Waals surface area contributed by atoms with Gasteiger partial charge >= 0.3 is 6.18 Å². The van der Waals surface area contributed by atoms with Crippen LogP contribution in [0.5, 0.6) is 0 Å². The molecule has 176 valence electrons. The molecule has 34 heavy (non-hydrogen) atoms. The lowest BCUT2D eigenvalue weighted by Crippen LogP contribution is -2.18. The highest BCUT2D eigenvalue weighted by Gasteiger charge is 2.30. The van der Waals surface area contributed by atoms with Crippen LogP contribution in [0.2, 0.25) is 0 Å². The number of aromatic nitrogens is 1. The van der Waals surface area contributed by atoms with Crippen molar-refractivity contribution in [1.29, 1.82) is 0 Å². The topological polar surface area (TPSA) is 51.1 Å². The van der Waals surface area contributed by atoms with Crippen molar-refractivity contribution >= 4 is 26.5 Å². The second-order valence-corrected chi connectivity index (χ2v) is 9.82. The van der Waals surface area contributed by atoms with Crippen molar-refractivity contribution in [2.24, 2.45) is 7.05 Å². The van der Waals surface area contributed by atoms with E-state index in [1.165, 1.54) is 30.5 Å². The quantitative estimate of drug-likeness (QED) is 0.368. The Balaban J connectivity index is 1.88. The largest absolute Gasteiger partial charge is 0.416 e. The minimum Gasteiger partial charge on any atom is -0.347 e. The van der Waals surface area contributed by atoms with E-state index in [0.717, 1.165) is 39.9 Å². The SMILES string of the molecule is Cc1ccc(S(=O)(=O)N/C=C(/c2ccc(C(F)(F)F)cc2)c2c(C)n(C)c3ccccc23)cc1. The number of nitrogens with zero attached hydrogens (tertiary/aromatic N) is 1. The minimum absolute atomic E-state index is 0.0933. The molecule has 1 heterocycles. The van der Waals surface area contributed by atoms with Gasteiger partial charge in [-0.25, -0.2) is 8.42 Å². The lowest BCUT2D eigenvalue weighted by Gasteiger charge is -2.13. The fraction of sp³-hybridized carbons (Fsp3) is 0.154. The predicted molar refractivity (Wildman–Crippen MR) is 128 cm³/mol. The van der Waals surface area contributed by atoms with Crippen LogP contribution in [0.15, 0.2) is 83.9 Å². The third kappa shape index (κ3) is 4.46. The monoisotopic (exact) mass is 484 g/mol. The van der Waals surface area contributed by atoms with Crippen LogP contribution in [0.25, 0.3) is 16.5 Å². The van der Waals surface area contributed by atoms with E-state index in [9.17, 15) is 21.6 Å². The van der Waals surface area contributed by atoms with Crippen LogP contribution in [-0.2, 0) is 23.2 Å². The number of halogens is 3. The van der Waals surface area contributed by atoms with Crippen molar-refractivity contribution in [2.75, 3.05) is 0 Å². The average Bonchev–Trinajstić information content (AvgIpc) is 3.05. The fourth-order valence-corrected chi connectivity index (χ4v) is 4.82. The molecule has 1 aromatic heterocycles. The van der Waals surface area contributed by atoms with Gasteiger partial charge in [-0.05, 0) is 49.7 Å². The number of rotatable bonds is 5. The van der Waals surface area contributed by atoms with Gasteiger partial charge in [0.25, 0.3) is 10.0 Å². The summed E-state index contributed by atoms with van der Waals surface area (Å²) in [6, 6.07) is 18.7. The normalized spacial score (nSPS) is 12.8. The lowest BCUT2D eigenvalue weighted by atomic mass is 9.95. The van der Waals surface area contributed by atoms with Crippen LogP contribution in [0, 0.1) is 13.8 Å². The smallest absolute Gasteiger partial charge is 0.347 e. The summed E-state index contributed by atoms with van der Waals surface area (Å²) < 4.78 is 69.8. The van der Waals surface area contributed by atoms with Gasteiger partial charge in [-0.3, -0.25) is 4.72 Å². The third-order valence-electron chi connectivity index (χ3n) is 5.88. The first-order chi connectivity index (χ1) is 16.0. The molecule has 0 fully saturated rings. The van der Waals surface area contributed by atoms with Crippen LogP contribution in [-0.4, -0.2) is 13.0 Å². The van der Waals surface area contributed by atoms with Crippen LogP contribution < -0.4 is 4.72 Å². The molecule has 3 aromatic carbocycles. The summed E-state index contributed by atoms with van der Waals surface area (Å²) in [7, 11) is -2.00. The molecule has 0 saturated heterocycles. The Hall–Kier alpha value is -3.52. The average molecular weight is 485 g/mol. The zero-order valence-corrected chi connectivity index (χ0v) is 19.6. The van der Waals surface area contributed by atoms with Gasteiger partial charge in [-0.15, -0.1) is 0 Å². The van der Waals surface area contributed by atoms with Crippen molar-refractivity contribution in [2.45, 2.75) is 24.9 Å². The van der Waals surface area contributed by atoms with E-state index in [0.29, 0.717) is 11.1 Å². The maximum absolute atomic E-state index is 13.1. The number of para-hydroxylation sites is 1. The first-order valence-electron chi connectivity index (χ1n) is 10.5. The van der Waals surface area contributed by atoms with Crippen LogP contribution in [0.1, 0.15) is 27.9 Å². The van der Waals surface area contributed by atoms with Crippen LogP contribution >= 0.6 is 0 Å². The van der Waals surface area contributed by atoms with E-state index >= 15 is 0 Å². The molecule has 4 rings (SSSR count). The van der Waals surface area contributed by atoms with E-state index in [1.807, 2.05) is 49.7 Å². The Morgan fingerprint density at radius 2 is 1.53 bits per heavy atom. The first-order valence-corrected chi connectivity index (χ1v) is 12.0. The van der Waals surface area contributed by atoms with Crippen molar-refractivity contribution in [3.8, 4) is 0 Å². The van der Waals surface area contributed by atoms with Gasteiger partial charge in [-0.1, -0.05) is 48.0 Å². The highest BCUT2D eigenvalue weighted by molar-refractivity contribution is 7.89. The Kier molecular flexibility index (Phi) is 6.03. The van der Waals surface area contributed by atoms with E-state index in [2.05, 4.69) is 4.72 Å². The van der Waals surface area contributed by atoms with Gasteiger partial charge in [0.05, 0.1) is 10.5 Å². The molecule has 0 atom stereocenters. The van der Waals surface area contributed by atoms with Gasteiger partial charge in [0, 0.05) is 41.0 Å². The maximum Gasteiger partial charge on any atom is 0.416 e. The van der Waals surface area contributed by atoms with Gasteiger partial charge in [0.15, 0.2) is 0 Å². The molecule has 0 aliphatic rings. The number of aryl methyl sites for hydroxylation is 2. The van der Waals surface area contributed by atoms with E-state index in [-0.39, 0.29) is 4.90 Å². The van der Waals surface area contributed by atoms with Crippen LogP contribution in [0.3, 0.4) is 0 Å². The number of alkyl halides is 3. The second kappa shape index (κ2) is 8.68. The van der Waals surface area contributed by atoms with Crippen molar-refractivity contribution in [3.05, 3.63) is 107 Å². The summed E-state index contributed by atoms with van der Waals surface area (Å²) in [6.45, 7) is 3.75. The van der Waals surface area contributed by atoms with Gasteiger partial charge in [0.1, 0.15) is 0 Å². The molecule has 4 nitrogen and oxygen atoms in total. The van der Waals surface area contributed by atoms with Crippen molar-refractivity contribution in [1.82, 2.24) is 9.29 Å². The Labute approximate surface area is 196 Å². The van der Waals surface area contributed by atoms with Gasteiger partial charge in [-0.2, -0.15) is 13.2 Å². The number of hydrogen-bond donors (Lipinski definition) is 1. The molecule has 8 heteroatoms. The molecule has 1 N–H and O–H groups in total. The standard InChI is InChI=1S/C26H23F3N2O2S/c1-17-8-14-21(15-9-17)34(32,33)30-16-23(19-10-12-20(13-11-19)26(27,28)29)25-18(2)31(3)24-7-5-4-6-22(24)25/h4-16,30H,1-3H3/b23-16-. The highest BCUT2D eigenvalue weighted by atomic mass is 32.2. The number of fused-ring (bicyclic) bond motifs is 1. The number of hydrogen-bond acceptors (Lipinski definition) is 2. The van der Waals surface area contributed by atoms with Crippen LogP contribution in [0.4, 0.5) is 13.2 Å². The lowest BCUT2D eigenvalue weighted by molar-refractivity contribution is -0.137.